The molecular formula is C19H28N2O3. The number of likely N-dealkylation sites (tertiary alicyclic amines) is 1. The summed E-state index contributed by atoms with van der Waals surface area (Å²) in [5, 5.41) is 0. The van der Waals surface area contributed by atoms with E-state index in [-0.39, 0.29) is 24.3 Å². The fourth-order valence-electron chi connectivity index (χ4n) is 3.12. The minimum atomic E-state index is -0.346. The highest BCUT2D eigenvalue weighted by molar-refractivity contribution is 5.79. The average Bonchev–Trinajstić information content (AvgIpc) is 2.55. The largest absolute Gasteiger partial charge is 0.493 e. The van der Waals surface area contributed by atoms with Gasteiger partial charge in [0, 0.05) is 19.0 Å². The van der Waals surface area contributed by atoms with E-state index in [1.807, 2.05) is 12.1 Å². The minimum Gasteiger partial charge on any atom is -0.493 e. The van der Waals surface area contributed by atoms with Gasteiger partial charge in [-0.1, -0.05) is 26.0 Å². The summed E-state index contributed by atoms with van der Waals surface area (Å²) in [5.41, 5.74) is 6.56. The molecule has 24 heavy (non-hydrogen) atoms. The van der Waals surface area contributed by atoms with Gasteiger partial charge in [-0.3, -0.25) is 9.59 Å². The molecule has 0 bridgehead atoms. The van der Waals surface area contributed by atoms with Crippen molar-refractivity contribution in [3.8, 4) is 5.75 Å². The second-order valence-electron chi connectivity index (χ2n) is 6.73. The summed E-state index contributed by atoms with van der Waals surface area (Å²) in [4.78, 5) is 25.4. The van der Waals surface area contributed by atoms with Crippen molar-refractivity contribution in [1.29, 1.82) is 0 Å². The third kappa shape index (κ3) is 5.25. The Hall–Kier alpha value is -2.04. The van der Waals surface area contributed by atoms with Crippen molar-refractivity contribution in [3.05, 3.63) is 29.8 Å². The number of amides is 2. The molecule has 132 valence electrons. The molecule has 1 unspecified atom stereocenters. The first-order valence-electron chi connectivity index (χ1n) is 8.78. The summed E-state index contributed by atoms with van der Waals surface area (Å²) in [6, 6.07) is 7.94. The zero-order valence-electron chi connectivity index (χ0n) is 14.7. The molecule has 1 aromatic carbocycles. The molecule has 2 rings (SSSR count). The normalized spacial score (nSPS) is 17.8. The Balaban J connectivity index is 1.82. The van der Waals surface area contributed by atoms with E-state index < -0.39 is 0 Å². The molecular weight excluding hydrogens is 304 g/mol. The first-order chi connectivity index (χ1) is 11.5. The van der Waals surface area contributed by atoms with Crippen molar-refractivity contribution in [2.75, 3.05) is 13.2 Å². The van der Waals surface area contributed by atoms with E-state index in [0.29, 0.717) is 25.5 Å². The molecule has 2 amide bonds. The quantitative estimate of drug-likeness (QED) is 0.834. The molecule has 2 N–H and O–H groups in total. The van der Waals surface area contributed by atoms with Crippen molar-refractivity contribution in [1.82, 2.24) is 4.90 Å². The molecule has 1 atom stereocenters. The molecule has 0 spiro atoms. The zero-order valence-corrected chi connectivity index (χ0v) is 14.7. The maximum absolute atomic E-state index is 12.4. The van der Waals surface area contributed by atoms with E-state index in [0.717, 1.165) is 25.0 Å². The summed E-state index contributed by atoms with van der Waals surface area (Å²) >= 11 is 0. The van der Waals surface area contributed by atoms with E-state index in [1.165, 1.54) is 5.56 Å². The zero-order chi connectivity index (χ0) is 17.5. The third-order valence-corrected chi connectivity index (χ3v) is 4.52. The smallest absolute Gasteiger partial charge is 0.226 e. The molecule has 1 aromatic rings. The summed E-state index contributed by atoms with van der Waals surface area (Å²) in [6.07, 6.45) is 3.45. The second kappa shape index (κ2) is 8.71. The lowest BCUT2D eigenvalue weighted by atomic mass is 9.98. The van der Waals surface area contributed by atoms with Crippen molar-refractivity contribution in [2.45, 2.75) is 57.9 Å². The molecule has 0 radical (unpaired) electrons. The Labute approximate surface area is 144 Å². The number of piperidine rings is 1. The van der Waals surface area contributed by atoms with Crippen LogP contribution in [0.4, 0.5) is 0 Å². The van der Waals surface area contributed by atoms with Gasteiger partial charge in [-0.25, -0.2) is 0 Å². The molecule has 1 saturated heterocycles. The van der Waals surface area contributed by atoms with Crippen LogP contribution in [0.1, 0.15) is 57.4 Å². The summed E-state index contributed by atoms with van der Waals surface area (Å²) in [5.74, 6) is 0.961. The van der Waals surface area contributed by atoms with Crippen LogP contribution >= 0.6 is 0 Å². The van der Waals surface area contributed by atoms with Crippen LogP contribution in [0.3, 0.4) is 0 Å². The molecule has 1 aliphatic heterocycles. The lowest BCUT2D eigenvalue weighted by Gasteiger charge is -2.35. The van der Waals surface area contributed by atoms with Gasteiger partial charge in [-0.2, -0.15) is 0 Å². The van der Waals surface area contributed by atoms with Crippen LogP contribution in [0.2, 0.25) is 0 Å². The first kappa shape index (κ1) is 18.3. The molecule has 1 heterocycles. The van der Waals surface area contributed by atoms with E-state index in [4.69, 9.17) is 10.5 Å². The van der Waals surface area contributed by atoms with Gasteiger partial charge in [0.1, 0.15) is 5.75 Å². The van der Waals surface area contributed by atoms with Crippen LogP contribution in [-0.4, -0.2) is 35.9 Å². The van der Waals surface area contributed by atoms with Crippen LogP contribution in [0.25, 0.3) is 0 Å². The van der Waals surface area contributed by atoms with Gasteiger partial charge in [0.15, 0.2) is 0 Å². The maximum Gasteiger partial charge on any atom is 0.226 e. The molecule has 5 heteroatoms. The van der Waals surface area contributed by atoms with Crippen LogP contribution in [0, 0.1) is 0 Å². The summed E-state index contributed by atoms with van der Waals surface area (Å²) < 4.78 is 5.68. The van der Waals surface area contributed by atoms with E-state index >= 15 is 0 Å². The Morgan fingerprint density at radius 1 is 1.25 bits per heavy atom. The SMILES string of the molecule is CC(C)c1ccc(OCCC(=O)N2CCCCC2CC(N)=O)cc1. The highest BCUT2D eigenvalue weighted by Crippen LogP contribution is 2.21. The fourth-order valence-corrected chi connectivity index (χ4v) is 3.12. The number of hydrogen-bond donors (Lipinski definition) is 1. The number of primary amides is 1. The van der Waals surface area contributed by atoms with E-state index in [1.54, 1.807) is 4.90 Å². The predicted molar refractivity (Wildman–Crippen MR) is 93.8 cm³/mol. The van der Waals surface area contributed by atoms with E-state index in [9.17, 15) is 9.59 Å². The van der Waals surface area contributed by atoms with Crippen LogP contribution in [0.5, 0.6) is 5.75 Å². The monoisotopic (exact) mass is 332 g/mol. The van der Waals surface area contributed by atoms with Gasteiger partial charge in [0.25, 0.3) is 0 Å². The topological polar surface area (TPSA) is 72.6 Å². The van der Waals surface area contributed by atoms with Crippen LogP contribution in [-0.2, 0) is 9.59 Å². The number of hydrogen-bond acceptors (Lipinski definition) is 3. The summed E-state index contributed by atoms with van der Waals surface area (Å²) in [6.45, 7) is 5.35. The van der Waals surface area contributed by atoms with Crippen LogP contribution in [0.15, 0.2) is 24.3 Å². The van der Waals surface area contributed by atoms with Gasteiger partial charge in [0.05, 0.1) is 13.0 Å². The van der Waals surface area contributed by atoms with Gasteiger partial charge in [-0.15, -0.1) is 0 Å². The number of nitrogens with two attached hydrogens (primary N) is 1. The lowest BCUT2D eigenvalue weighted by molar-refractivity contribution is -0.136. The van der Waals surface area contributed by atoms with Crippen molar-refractivity contribution < 1.29 is 14.3 Å². The summed E-state index contributed by atoms with van der Waals surface area (Å²) in [7, 11) is 0. The molecule has 0 aliphatic carbocycles. The lowest BCUT2D eigenvalue weighted by Crippen LogP contribution is -2.45. The fraction of sp³-hybridized carbons (Fsp3) is 0.579. The highest BCUT2D eigenvalue weighted by atomic mass is 16.5. The Kier molecular flexibility index (Phi) is 6.64. The van der Waals surface area contributed by atoms with Gasteiger partial charge in [0.2, 0.25) is 11.8 Å². The number of nitrogens with zero attached hydrogens (tertiary/aromatic N) is 1. The number of benzene rings is 1. The average molecular weight is 332 g/mol. The van der Waals surface area contributed by atoms with Gasteiger partial charge < -0.3 is 15.4 Å². The van der Waals surface area contributed by atoms with Gasteiger partial charge >= 0.3 is 0 Å². The van der Waals surface area contributed by atoms with Crippen molar-refractivity contribution in [3.63, 3.8) is 0 Å². The first-order valence-corrected chi connectivity index (χ1v) is 8.78. The highest BCUT2D eigenvalue weighted by Gasteiger charge is 2.27. The molecule has 1 aliphatic rings. The number of rotatable bonds is 7. The predicted octanol–water partition coefficient (Wildman–Crippen LogP) is 2.84. The molecule has 0 saturated carbocycles. The van der Waals surface area contributed by atoms with Crippen LogP contribution < -0.4 is 10.5 Å². The Morgan fingerprint density at radius 3 is 2.58 bits per heavy atom. The molecule has 1 fully saturated rings. The minimum absolute atomic E-state index is 0.0414. The Bertz CT molecular complexity index is 554. The second-order valence-corrected chi connectivity index (χ2v) is 6.73. The molecule has 0 aromatic heterocycles. The van der Waals surface area contributed by atoms with Crippen molar-refractivity contribution >= 4 is 11.8 Å². The number of ether oxygens (including phenoxy) is 1. The maximum atomic E-state index is 12.4. The van der Waals surface area contributed by atoms with Crippen molar-refractivity contribution in [2.24, 2.45) is 5.73 Å². The Morgan fingerprint density at radius 2 is 1.96 bits per heavy atom. The third-order valence-electron chi connectivity index (χ3n) is 4.52. The van der Waals surface area contributed by atoms with E-state index in [2.05, 4.69) is 26.0 Å². The van der Waals surface area contributed by atoms with Gasteiger partial charge in [-0.05, 0) is 42.9 Å². The number of carbonyl (C=O) groups is 2. The number of carbonyl (C=O) groups excluding carboxylic acids is 2. The molecule has 5 nitrogen and oxygen atoms in total. The standard InChI is InChI=1S/C19H28N2O3/c1-14(2)15-6-8-17(9-7-15)24-12-10-19(23)21-11-4-3-5-16(21)13-18(20)22/h6-9,14,16H,3-5,10-13H2,1-2H3,(H2,20,22).